The molecular weight excluding hydrogens is 436 g/mol. The number of ether oxygens (including phenoxy) is 2. The molecule has 182 valence electrons. The van der Waals surface area contributed by atoms with Crippen LogP contribution in [0.2, 0.25) is 0 Å². The van der Waals surface area contributed by atoms with Crippen LogP contribution in [0.3, 0.4) is 0 Å². The lowest BCUT2D eigenvalue weighted by molar-refractivity contribution is -0.145. The van der Waals surface area contributed by atoms with Crippen LogP contribution in [-0.4, -0.2) is 59.8 Å². The molecule has 0 radical (unpaired) electrons. The topological polar surface area (TPSA) is 105 Å². The average molecular weight is 469 g/mol. The first-order valence-electron chi connectivity index (χ1n) is 11.4. The number of nitrogens with zero attached hydrogens (tertiary/aromatic N) is 1. The molecule has 8 nitrogen and oxygen atoms in total. The molecule has 1 aliphatic rings. The van der Waals surface area contributed by atoms with E-state index in [2.05, 4.69) is 5.32 Å². The number of aryl methyl sites for hydroxylation is 1. The van der Waals surface area contributed by atoms with Crippen LogP contribution in [0.4, 0.5) is 4.79 Å². The highest BCUT2D eigenvalue weighted by Crippen LogP contribution is 2.25. The number of methoxy groups -OCH3 is 1. The largest absolute Gasteiger partial charge is 0.467 e. The van der Waals surface area contributed by atoms with Crippen molar-refractivity contribution in [3.05, 3.63) is 70.8 Å². The molecule has 0 bridgehead atoms. The fourth-order valence-corrected chi connectivity index (χ4v) is 4.15. The summed E-state index contributed by atoms with van der Waals surface area (Å²) >= 11 is 0. The third kappa shape index (κ3) is 6.35. The van der Waals surface area contributed by atoms with E-state index in [1.807, 2.05) is 49.4 Å². The molecule has 3 rings (SSSR count). The van der Waals surface area contributed by atoms with Gasteiger partial charge in [0, 0.05) is 18.2 Å². The van der Waals surface area contributed by atoms with Crippen molar-refractivity contribution < 1.29 is 29.0 Å². The van der Waals surface area contributed by atoms with Gasteiger partial charge in [0.1, 0.15) is 6.61 Å². The molecule has 34 heavy (non-hydrogen) atoms. The van der Waals surface area contributed by atoms with Crippen molar-refractivity contribution in [1.29, 1.82) is 0 Å². The minimum Gasteiger partial charge on any atom is -0.467 e. The van der Waals surface area contributed by atoms with Gasteiger partial charge in [0.2, 0.25) is 0 Å². The highest BCUT2D eigenvalue weighted by atomic mass is 16.6. The smallest absolute Gasteiger partial charge is 0.410 e. The van der Waals surface area contributed by atoms with E-state index in [9.17, 15) is 19.5 Å². The van der Waals surface area contributed by atoms with Gasteiger partial charge in [-0.2, -0.15) is 0 Å². The minimum absolute atomic E-state index is 0.106. The summed E-state index contributed by atoms with van der Waals surface area (Å²) in [4.78, 5) is 39.5. The van der Waals surface area contributed by atoms with Gasteiger partial charge in [0.05, 0.1) is 13.2 Å². The SMILES string of the molecule is COC(=O)[C@H](NC(=O)c1cc(C)ccc1CC1CCCN1C(=O)OCc1ccccc1)[C@H](C)O. The fourth-order valence-electron chi connectivity index (χ4n) is 4.15. The summed E-state index contributed by atoms with van der Waals surface area (Å²) in [5, 5.41) is 12.5. The first kappa shape index (κ1) is 25.2. The Bertz CT molecular complexity index is 1010. The van der Waals surface area contributed by atoms with Crippen molar-refractivity contribution in [3.8, 4) is 0 Å². The lowest BCUT2D eigenvalue weighted by Gasteiger charge is -2.25. The summed E-state index contributed by atoms with van der Waals surface area (Å²) < 4.78 is 10.2. The Hall–Kier alpha value is -3.39. The summed E-state index contributed by atoms with van der Waals surface area (Å²) in [5.74, 6) is -1.20. The first-order valence-corrected chi connectivity index (χ1v) is 11.4. The van der Waals surface area contributed by atoms with Gasteiger partial charge >= 0.3 is 12.1 Å². The Labute approximate surface area is 199 Å². The molecule has 0 saturated carbocycles. The number of likely N-dealkylation sites (tertiary alicyclic amines) is 1. The van der Waals surface area contributed by atoms with Gasteiger partial charge in [-0.3, -0.25) is 4.79 Å². The Morgan fingerprint density at radius 1 is 1.18 bits per heavy atom. The minimum atomic E-state index is -1.18. The number of nitrogens with one attached hydrogen (secondary N) is 1. The molecule has 1 saturated heterocycles. The second-order valence-electron chi connectivity index (χ2n) is 8.61. The third-order valence-corrected chi connectivity index (χ3v) is 6.01. The Kier molecular flexibility index (Phi) is 8.65. The van der Waals surface area contributed by atoms with E-state index in [0.29, 0.717) is 18.5 Å². The predicted octanol–water partition coefficient (Wildman–Crippen LogP) is 2.99. The number of benzene rings is 2. The number of carbonyl (C=O) groups excluding carboxylic acids is 3. The molecule has 2 N–H and O–H groups in total. The molecule has 2 amide bonds. The molecule has 2 aromatic rings. The number of rotatable bonds is 8. The zero-order chi connectivity index (χ0) is 24.7. The van der Waals surface area contributed by atoms with Gasteiger partial charge < -0.3 is 24.8 Å². The van der Waals surface area contributed by atoms with E-state index in [-0.39, 0.29) is 18.7 Å². The van der Waals surface area contributed by atoms with Crippen LogP contribution in [-0.2, 0) is 27.3 Å². The highest BCUT2D eigenvalue weighted by Gasteiger charge is 2.32. The molecule has 2 aromatic carbocycles. The van der Waals surface area contributed by atoms with Crippen LogP contribution in [0.1, 0.15) is 46.8 Å². The van der Waals surface area contributed by atoms with Crippen LogP contribution >= 0.6 is 0 Å². The standard InChI is InChI=1S/C26H32N2O6/c1-17-11-12-20(22(14-17)24(30)27-23(18(2)29)25(31)33-3)15-21-10-7-13-28(21)26(32)34-16-19-8-5-4-6-9-19/h4-6,8-9,11-12,14,18,21,23,29H,7,10,13,15-16H2,1-3H3,(H,27,30)/t18-,21?,23+/m0/s1. The Morgan fingerprint density at radius 2 is 1.91 bits per heavy atom. The second-order valence-corrected chi connectivity index (χ2v) is 8.61. The van der Waals surface area contributed by atoms with Gasteiger partial charge in [0.25, 0.3) is 5.91 Å². The first-order chi connectivity index (χ1) is 16.3. The Balaban J connectivity index is 1.72. The second kappa shape index (κ2) is 11.7. The summed E-state index contributed by atoms with van der Waals surface area (Å²) in [6.07, 6.45) is 0.637. The number of esters is 1. The number of aliphatic hydroxyl groups excluding tert-OH is 1. The molecule has 1 fully saturated rings. The number of hydrogen-bond donors (Lipinski definition) is 2. The van der Waals surface area contributed by atoms with Crippen molar-refractivity contribution in [2.24, 2.45) is 0 Å². The summed E-state index contributed by atoms with van der Waals surface area (Å²) in [7, 11) is 1.20. The van der Waals surface area contributed by atoms with E-state index in [1.54, 1.807) is 11.0 Å². The monoisotopic (exact) mass is 468 g/mol. The maximum atomic E-state index is 13.1. The van der Waals surface area contributed by atoms with Gasteiger partial charge in [-0.15, -0.1) is 0 Å². The normalized spacial score (nSPS) is 17.1. The van der Waals surface area contributed by atoms with Crippen LogP contribution in [0.15, 0.2) is 48.5 Å². The summed E-state index contributed by atoms with van der Waals surface area (Å²) in [5.41, 5.74) is 2.96. The lowest BCUT2D eigenvalue weighted by atomic mass is 9.96. The molecule has 0 aromatic heterocycles. The molecular formula is C26H32N2O6. The molecule has 8 heteroatoms. The molecule has 0 aliphatic carbocycles. The van der Waals surface area contributed by atoms with Crippen molar-refractivity contribution in [1.82, 2.24) is 10.2 Å². The quantitative estimate of drug-likeness (QED) is 0.577. The number of amides is 2. The lowest BCUT2D eigenvalue weighted by Crippen LogP contribution is -2.48. The fraction of sp³-hybridized carbons (Fsp3) is 0.423. The maximum Gasteiger partial charge on any atom is 0.410 e. The summed E-state index contributed by atoms with van der Waals surface area (Å²) in [6, 6.07) is 13.7. The Morgan fingerprint density at radius 3 is 2.59 bits per heavy atom. The van der Waals surface area contributed by atoms with Crippen molar-refractivity contribution in [2.75, 3.05) is 13.7 Å². The zero-order valence-corrected chi connectivity index (χ0v) is 19.8. The molecule has 1 heterocycles. The third-order valence-electron chi connectivity index (χ3n) is 6.01. The van der Waals surface area contributed by atoms with E-state index in [1.165, 1.54) is 14.0 Å². The average Bonchev–Trinajstić information content (AvgIpc) is 3.30. The molecule has 3 atom stereocenters. The van der Waals surface area contributed by atoms with Crippen molar-refractivity contribution in [2.45, 2.75) is 57.9 Å². The highest BCUT2D eigenvalue weighted by molar-refractivity contribution is 5.98. The van der Waals surface area contributed by atoms with E-state index in [4.69, 9.17) is 9.47 Å². The van der Waals surface area contributed by atoms with Crippen molar-refractivity contribution in [3.63, 3.8) is 0 Å². The number of carbonyl (C=O) groups is 3. The maximum absolute atomic E-state index is 13.1. The molecule has 0 spiro atoms. The molecule has 1 aliphatic heterocycles. The van der Waals surface area contributed by atoms with Gasteiger partial charge in [0.15, 0.2) is 6.04 Å². The van der Waals surface area contributed by atoms with Crippen LogP contribution in [0.25, 0.3) is 0 Å². The van der Waals surface area contributed by atoms with Crippen LogP contribution < -0.4 is 5.32 Å². The predicted molar refractivity (Wildman–Crippen MR) is 126 cm³/mol. The van der Waals surface area contributed by atoms with E-state index < -0.39 is 24.0 Å². The van der Waals surface area contributed by atoms with Crippen LogP contribution in [0, 0.1) is 6.92 Å². The van der Waals surface area contributed by atoms with Crippen LogP contribution in [0.5, 0.6) is 0 Å². The van der Waals surface area contributed by atoms with Gasteiger partial charge in [-0.05, 0) is 50.3 Å². The summed E-state index contributed by atoms with van der Waals surface area (Å²) in [6.45, 7) is 4.08. The van der Waals surface area contributed by atoms with Gasteiger partial charge in [-0.1, -0.05) is 48.0 Å². The number of hydrogen-bond acceptors (Lipinski definition) is 6. The van der Waals surface area contributed by atoms with E-state index >= 15 is 0 Å². The molecule has 1 unspecified atom stereocenters. The van der Waals surface area contributed by atoms with Gasteiger partial charge in [-0.25, -0.2) is 9.59 Å². The van der Waals surface area contributed by atoms with Crippen molar-refractivity contribution >= 4 is 18.0 Å². The van der Waals surface area contributed by atoms with E-state index in [0.717, 1.165) is 29.5 Å². The zero-order valence-electron chi connectivity index (χ0n) is 19.8. The number of aliphatic hydroxyl groups is 1.